The van der Waals surface area contributed by atoms with Crippen LogP contribution in [0.2, 0.25) is 0 Å². The summed E-state index contributed by atoms with van der Waals surface area (Å²) in [6.45, 7) is 10.9. The van der Waals surface area contributed by atoms with Gasteiger partial charge in [-0.25, -0.2) is 4.98 Å². The van der Waals surface area contributed by atoms with E-state index >= 15 is 0 Å². The molecule has 0 spiro atoms. The van der Waals surface area contributed by atoms with Gasteiger partial charge in [0.15, 0.2) is 5.82 Å². The summed E-state index contributed by atoms with van der Waals surface area (Å²) in [7, 11) is 0. The summed E-state index contributed by atoms with van der Waals surface area (Å²) in [4.78, 5) is 4.44. The fraction of sp³-hybridized carbons (Fsp3) is 0.857. The second-order valence-corrected chi connectivity index (χ2v) is 5.84. The van der Waals surface area contributed by atoms with E-state index in [1.165, 1.54) is 0 Å². The molecular weight excluding hydrogens is 240 g/mol. The lowest BCUT2D eigenvalue weighted by molar-refractivity contribution is 0.0354. The molecule has 5 nitrogen and oxygen atoms in total. The molecule has 19 heavy (non-hydrogen) atoms. The van der Waals surface area contributed by atoms with E-state index < -0.39 is 5.60 Å². The number of nitrogens with zero attached hydrogens (tertiary/aromatic N) is 2. The fourth-order valence-corrected chi connectivity index (χ4v) is 1.92. The van der Waals surface area contributed by atoms with Crippen molar-refractivity contribution < 1.29 is 5.11 Å². The Labute approximate surface area is 116 Å². The topological polar surface area (TPSA) is 73.8 Å². The minimum absolute atomic E-state index is 0.294. The molecule has 1 rings (SSSR count). The third-order valence-electron chi connectivity index (χ3n) is 3.56. The Hall–Kier alpha value is -0.940. The van der Waals surface area contributed by atoms with Crippen molar-refractivity contribution in [2.24, 2.45) is 0 Å². The Bertz CT molecular complexity index is 373. The molecule has 5 heteroatoms. The van der Waals surface area contributed by atoms with Gasteiger partial charge >= 0.3 is 0 Å². The molecule has 0 saturated carbocycles. The Morgan fingerprint density at radius 1 is 1.37 bits per heavy atom. The number of H-pyrrole nitrogens is 1. The van der Waals surface area contributed by atoms with Gasteiger partial charge in [0, 0.05) is 12.0 Å². The van der Waals surface area contributed by atoms with Crippen LogP contribution >= 0.6 is 0 Å². The minimum atomic E-state index is -0.599. The molecule has 0 aromatic carbocycles. The monoisotopic (exact) mass is 268 g/mol. The van der Waals surface area contributed by atoms with Crippen LogP contribution in [-0.4, -0.2) is 31.9 Å². The van der Waals surface area contributed by atoms with Crippen LogP contribution in [0.4, 0.5) is 0 Å². The van der Waals surface area contributed by atoms with Gasteiger partial charge in [0.25, 0.3) is 0 Å². The summed E-state index contributed by atoms with van der Waals surface area (Å²) < 4.78 is 0. The zero-order chi connectivity index (χ0) is 14.5. The van der Waals surface area contributed by atoms with Crippen molar-refractivity contribution in [3.8, 4) is 0 Å². The summed E-state index contributed by atoms with van der Waals surface area (Å²) in [5.41, 5.74) is -0.599. The van der Waals surface area contributed by atoms with Crippen molar-refractivity contribution >= 4 is 0 Å². The first kappa shape index (κ1) is 16.1. The molecule has 0 bridgehead atoms. The molecule has 1 aromatic heterocycles. The van der Waals surface area contributed by atoms with Crippen molar-refractivity contribution in [1.29, 1.82) is 0 Å². The molecule has 0 radical (unpaired) electrons. The molecule has 2 atom stereocenters. The van der Waals surface area contributed by atoms with E-state index in [-0.39, 0.29) is 0 Å². The summed E-state index contributed by atoms with van der Waals surface area (Å²) in [5.74, 6) is 2.05. The van der Waals surface area contributed by atoms with E-state index in [1.807, 2.05) is 13.8 Å². The van der Waals surface area contributed by atoms with E-state index in [2.05, 4.69) is 41.3 Å². The third kappa shape index (κ3) is 5.28. The lowest BCUT2D eigenvalue weighted by atomic mass is 9.93. The molecular formula is C14H28N4O. The molecule has 3 N–H and O–H groups in total. The Morgan fingerprint density at radius 2 is 2.05 bits per heavy atom. The quantitative estimate of drug-likeness (QED) is 0.676. The first-order valence-corrected chi connectivity index (χ1v) is 7.25. The fourth-order valence-electron chi connectivity index (χ4n) is 1.92. The summed E-state index contributed by atoms with van der Waals surface area (Å²) >= 11 is 0. The molecule has 0 saturated heterocycles. The lowest BCUT2D eigenvalue weighted by Gasteiger charge is -2.27. The van der Waals surface area contributed by atoms with Crippen molar-refractivity contribution in [2.75, 3.05) is 0 Å². The number of aromatic nitrogens is 3. The summed E-state index contributed by atoms with van der Waals surface area (Å²) in [5, 5.41) is 20.7. The lowest BCUT2D eigenvalue weighted by Crippen LogP contribution is -2.37. The zero-order valence-corrected chi connectivity index (χ0v) is 12.8. The maximum atomic E-state index is 10.1. The highest BCUT2D eigenvalue weighted by Gasteiger charge is 2.22. The van der Waals surface area contributed by atoms with Crippen LogP contribution in [0.25, 0.3) is 0 Å². The molecule has 110 valence electrons. The minimum Gasteiger partial charge on any atom is -0.390 e. The van der Waals surface area contributed by atoms with Crippen molar-refractivity contribution in [2.45, 2.75) is 78.0 Å². The maximum absolute atomic E-state index is 10.1. The second-order valence-electron chi connectivity index (χ2n) is 5.84. The number of aromatic amines is 1. The number of hydrogen-bond donors (Lipinski definition) is 3. The second kappa shape index (κ2) is 7.01. The molecule has 0 amide bonds. The van der Waals surface area contributed by atoms with Crippen molar-refractivity contribution in [1.82, 2.24) is 20.5 Å². The van der Waals surface area contributed by atoms with E-state index in [1.54, 1.807) is 0 Å². The van der Waals surface area contributed by atoms with Crippen LogP contribution in [0.15, 0.2) is 0 Å². The van der Waals surface area contributed by atoms with Gasteiger partial charge in [-0.1, -0.05) is 27.7 Å². The number of nitrogens with one attached hydrogen (secondary N) is 2. The molecule has 1 aromatic rings. The largest absolute Gasteiger partial charge is 0.390 e. The van der Waals surface area contributed by atoms with Gasteiger partial charge in [0.1, 0.15) is 5.82 Å². The van der Waals surface area contributed by atoms with Gasteiger partial charge < -0.3 is 10.4 Å². The van der Waals surface area contributed by atoms with E-state index in [0.717, 1.165) is 30.9 Å². The predicted octanol–water partition coefficient (Wildman–Crippen LogP) is 2.35. The smallest absolute Gasteiger partial charge is 0.153 e. The van der Waals surface area contributed by atoms with Crippen LogP contribution in [0, 0.1) is 0 Å². The number of aliphatic hydroxyl groups is 1. The molecule has 0 aliphatic heterocycles. The standard InChI is InChI=1S/C14H28N4O/c1-6-11(8-14(5,19)7-2)15-9-12-16-13(10(3)4)18-17-12/h10-11,15,19H,6-9H2,1-5H3,(H,16,17,18). The first-order valence-electron chi connectivity index (χ1n) is 7.25. The number of rotatable bonds is 8. The normalized spacial score (nSPS) is 16.6. The highest BCUT2D eigenvalue weighted by Crippen LogP contribution is 2.18. The van der Waals surface area contributed by atoms with E-state index in [4.69, 9.17) is 0 Å². The Balaban J connectivity index is 2.48. The first-order chi connectivity index (χ1) is 8.88. The molecule has 0 aliphatic rings. The average Bonchev–Trinajstić information content (AvgIpc) is 2.83. The van der Waals surface area contributed by atoms with Gasteiger partial charge in [-0.3, -0.25) is 5.10 Å². The molecule has 0 fully saturated rings. The Morgan fingerprint density at radius 3 is 2.53 bits per heavy atom. The van der Waals surface area contributed by atoms with Crippen molar-refractivity contribution in [3.05, 3.63) is 11.6 Å². The maximum Gasteiger partial charge on any atom is 0.153 e. The summed E-state index contributed by atoms with van der Waals surface area (Å²) in [6, 6.07) is 0.294. The molecule has 0 aliphatic carbocycles. The predicted molar refractivity (Wildman–Crippen MR) is 76.9 cm³/mol. The van der Waals surface area contributed by atoms with Crippen molar-refractivity contribution in [3.63, 3.8) is 0 Å². The van der Waals surface area contributed by atoms with Crippen LogP contribution in [-0.2, 0) is 6.54 Å². The van der Waals surface area contributed by atoms with E-state index in [9.17, 15) is 5.11 Å². The average molecular weight is 268 g/mol. The van der Waals surface area contributed by atoms with Gasteiger partial charge in [0.05, 0.1) is 12.1 Å². The van der Waals surface area contributed by atoms with Gasteiger partial charge in [-0.2, -0.15) is 5.10 Å². The van der Waals surface area contributed by atoms with Gasteiger partial charge in [-0.05, 0) is 26.2 Å². The van der Waals surface area contributed by atoms with Crippen LogP contribution in [0.5, 0.6) is 0 Å². The van der Waals surface area contributed by atoms with Gasteiger partial charge in [0.2, 0.25) is 0 Å². The van der Waals surface area contributed by atoms with Crippen LogP contribution in [0.3, 0.4) is 0 Å². The molecule has 2 unspecified atom stereocenters. The van der Waals surface area contributed by atoms with E-state index in [0.29, 0.717) is 18.5 Å². The van der Waals surface area contributed by atoms with Crippen LogP contribution < -0.4 is 5.32 Å². The zero-order valence-electron chi connectivity index (χ0n) is 12.8. The van der Waals surface area contributed by atoms with Crippen LogP contribution in [0.1, 0.15) is 71.4 Å². The number of hydrogen-bond acceptors (Lipinski definition) is 4. The van der Waals surface area contributed by atoms with Gasteiger partial charge in [-0.15, -0.1) is 0 Å². The third-order valence-corrected chi connectivity index (χ3v) is 3.56. The SMILES string of the molecule is CCC(CC(C)(O)CC)NCc1nc(C(C)C)n[nH]1. The highest BCUT2D eigenvalue weighted by molar-refractivity contribution is 4.95. The highest BCUT2D eigenvalue weighted by atomic mass is 16.3. The summed E-state index contributed by atoms with van der Waals surface area (Å²) in [6.07, 6.45) is 2.51. The molecule has 1 heterocycles. The Kier molecular flexibility index (Phi) is 5.94.